The Morgan fingerprint density at radius 1 is 0.286 bits per heavy atom. The largest absolute Gasteiger partial charge is 0.456 e. The molecule has 262 valence electrons. The molecule has 2 nitrogen and oxygen atoms in total. The number of para-hydroxylation sites is 1. The van der Waals surface area contributed by atoms with Crippen LogP contribution in [0.4, 0.5) is 17.1 Å². The van der Waals surface area contributed by atoms with Crippen molar-refractivity contribution < 1.29 is 4.42 Å². The highest BCUT2D eigenvalue weighted by molar-refractivity contribution is 6.08. The van der Waals surface area contributed by atoms with E-state index in [1.807, 2.05) is 18.2 Å². The average Bonchev–Trinajstić information content (AvgIpc) is 3.71. The predicted molar refractivity (Wildman–Crippen MR) is 237 cm³/mol. The van der Waals surface area contributed by atoms with Gasteiger partial charge < -0.3 is 9.32 Å². The Balaban J connectivity index is 0.968. The summed E-state index contributed by atoms with van der Waals surface area (Å²) in [7, 11) is 0. The Morgan fingerprint density at radius 3 is 1.71 bits per heavy atom. The van der Waals surface area contributed by atoms with E-state index in [-0.39, 0.29) is 0 Å². The molecule has 11 rings (SSSR count). The van der Waals surface area contributed by atoms with Gasteiger partial charge >= 0.3 is 0 Å². The number of anilines is 3. The third kappa shape index (κ3) is 5.59. The van der Waals surface area contributed by atoms with Crippen LogP contribution < -0.4 is 4.90 Å². The lowest BCUT2D eigenvalue weighted by Crippen LogP contribution is -2.10. The van der Waals surface area contributed by atoms with Crippen LogP contribution in [0, 0.1) is 0 Å². The van der Waals surface area contributed by atoms with Gasteiger partial charge in [-0.25, -0.2) is 0 Å². The van der Waals surface area contributed by atoms with E-state index in [1.165, 1.54) is 59.8 Å². The predicted octanol–water partition coefficient (Wildman–Crippen LogP) is 15.5. The fraction of sp³-hybridized carbons (Fsp3) is 0. The lowest BCUT2D eigenvalue weighted by molar-refractivity contribution is 0.631. The highest BCUT2D eigenvalue weighted by Crippen LogP contribution is 2.41. The van der Waals surface area contributed by atoms with Gasteiger partial charge in [0.15, 0.2) is 0 Å². The average molecular weight is 714 g/mol. The van der Waals surface area contributed by atoms with Gasteiger partial charge in [-0.05, 0) is 121 Å². The summed E-state index contributed by atoms with van der Waals surface area (Å²) < 4.78 is 6.20. The van der Waals surface area contributed by atoms with Crippen molar-refractivity contribution in [3.63, 3.8) is 0 Å². The first kappa shape index (κ1) is 32.0. The molecule has 0 aliphatic rings. The van der Waals surface area contributed by atoms with E-state index in [0.29, 0.717) is 0 Å². The molecule has 0 aliphatic heterocycles. The van der Waals surface area contributed by atoms with Crippen LogP contribution in [-0.2, 0) is 0 Å². The van der Waals surface area contributed by atoms with Gasteiger partial charge in [-0.15, -0.1) is 0 Å². The van der Waals surface area contributed by atoms with Crippen molar-refractivity contribution >= 4 is 71.1 Å². The number of benzene rings is 10. The van der Waals surface area contributed by atoms with Gasteiger partial charge in [0.25, 0.3) is 0 Å². The highest BCUT2D eigenvalue weighted by atomic mass is 16.3. The zero-order valence-electron chi connectivity index (χ0n) is 30.6. The molecule has 0 saturated heterocycles. The molecule has 0 unspecified atom stereocenters. The summed E-state index contributed by atoms with van der Waals surface area (Å²) in [6.45, 7) is 0. The van der Waals surface area contributed by atoms with Gasteiger partial charge in [0.2, 0.25) is 0 Å². The molecule has 11 aromatic rings. The van der Waals surface area contributed by atoms with Gasteiger partial charge in [0.05, 0.1) is 5.69 Å². The van der Waals surface area contributed by atoms with E-state index >= 15 is 0 Å². The summed E-state index contributed by atoms with van der Waals surface area (Å²) >= 11 is 0. The van der Waals surface area contributed by atoms with Crippen LogP contribution in [0.15, 0.2) is 217 Å². The minimum absolute atomic E-state index is 0.881. The second-order valence-corrected chi connectivity index (χ2v) is 14.6. The SMILES string of the molecule is c1cc(-c2ccc3cc(N(c4ccc(-c5ccc6c(ccc7ccccc76)c5)cc4)c4cccc5ccccc45)ccc3c2)cc(-c2cc3ccccc3o2)c1. The molecular weight excluding hydrogens is 679 g/mol. The van der Waals surface area contributed by atoms with E-state index in [9.17, 15) is 0 Å². The number of hydrogen-bond acceptors (Lipinski definition) is 2. The van der Waals surface area contributed by atoms with E-state index in [1.54, 1.807) is 0 Å². The normalized spacial score (nSPS) is 11.6. The standard InChI is InChI=1S/C54H35NO/c1-4-15-49-38(10-1)19-22-44-32-40(26-30-50(44)49)36-23-27-47(28-24-36)55(52-17-8-12-37-9-2-5-16-51(37)52)48-29-25-42-31-41(20-21-43(42)34-48)39-13-7-14-45(33-39)54-35-46-11-3-6-18-53(46)56-54/h1-35H. The monoisotopic (exact) mass is 713 g/mol. The molecular formula is C54H35NO. The van der Waals surface area contributed by atoms with Crippen molar-refractivity contribution in [2.45, 2.75) is 0 Å². The summed E-state index contributed by atoms with van der Waals surface area (Å²) in [4.78, 5) is 2.39. The first-order valence-electron chi connectivity index (χ1n) is 19.2. The summed E-state index contributed by atoms with van der Waals surface area (Å²) in [6, 6.07) is 76.6. The minimum atomic E-state index is 0.881. The molecule has 56 heavy (non-hydrogen) atoms. The van der Waals surface area contributed by atoms with Crippen molar-refractivity contribution in [1.82, 2.24) is 0 Å². The maximum Gasteiger partial charge on any atom is 0.135 e. The van der Waals surface area contributed by atoms with Crippen LogP contribution in [0.25, 0.3) is 87.6 Å². The van der Waals surface area contributed by atoms with E-state index in [2.05, 4.69) is 199 Å². The summed E-state index contributed by atoms with van der Waals surface area (Å²) in [5.74, 6) is 0.881. The van der Waals surface area contributed by atoms with E-state index < -0.39 is 0 Å². The van der Waals surface area contributed by atoms with Crippen molar-refractivity contribution in [2.75, 3.05) is 4.90 Å². The molecule has 0 amide bonds. The maximum atomic E-state index is 6.20. The zero-order chi connectivity index (χ0) is 37.0. The van der Waals surface area contributed by atoms with Gasteiger partial charge in [0, 0.05) is 27.7 Å². The van der Waals surface area contributed by atoms with Gasteiger partial charge in [-0.3, -0.25) is 0 Å². The molecule has 10 aromatic carbocycles. The van der Waals surface area contributed by atoms with Crippen LogP contribution in [0.3, 0.4) is 0 Å². The Morgan fingerprint density at radius 2 is 0.839 bits per heavy atom. The maximum absolute atomic E-state index is 6.20. The van der Waals surface area contributed by atoms with Gasteiger partial charge in [-0.2, -0.15) is 0 Å². The molecule has 1 aromatic heterocycles. The second kappa shape index (κ2) is 13.2. The molecule has 0 atom stereocenters. The van der Waals surface area contributed by atoms with Crippen molar-refractivity contribution in [3.05, 3.63) is 212 Å². The Kier molecular flexibility index (Phi) is 7.53. The van der Waals surface area contributed by atoms with Crippen molar-refractivity contribution in [3.8, 4) is 33.6 Å². The van der Waals surface area contributed by atoms with Crippen LogP contribution in [0.1, 0.15) is 0 Å². The Labute approximate surface area is 325 Å². The van der Waals surface area contributed by atoms with Crippen LogP contribution in [0.5, 0.6) is 0 Å². The highest BCUT2D eigenvalue weighted by Gasteiger charge is 2.17. The van der Waals surface area contributed by atoms with Crippen LogP contribution in [0.2, 0.25) is 0 Å². The molecule has 1 heterocycles. The lowest BCUT2D eigenvalue weighted by Gasteiger charge is -2.27. The van der Waals surface area contributed by atoms with Crippen molar-refractivity contribution in [2.24, 2.45) is 0 Å². The van der Waals surface area contributed by atoms with E-state index in [0.717, 1.165) is 44.9 Å². The third-order valence-corrected chi connectivity index (χ3v) is 11.2. The van der Waals surface area contributed by atoms with Gasteiger partial charge in [-0.1, -0.05) is 152 Å². The smallest absolute Gasteiger partial charge is 0.135 e. The first-order valence-corrected chi connectivity index (χ1v) is 19.2. The van der Waals surface area contributed by atoms with Crippen molar-refractivity contribution in [1.29, 1.82) is 0 Å². The minimum Gasteiger partial charge on any atom is -0.456 e. The number of furan rings is 1. The first-order chi connectivity index (χ1) is 27.7. The molecule has 0 radical (unpaired) electrons. The Hall–Kier alpha value is -7.42. The molecule has 0 spiro atoms. The molecule has 2 heteroatoms. The quantitative estimate of drug-likeness (QED) is 0.160. The third-order valence-electron chi connectivity index (χ3n) is 11.2. The summed E-state index contributed by atoms with van der Waals surface area (Å²) in [5, 5.41) is 11.0. The molecule has 0 fully saturated rings. The Bertz CT molecular complexity index is 3220. The molecule has 0 aliphatic carbocycles. The topological polar surface area (TPSA) is 16.4 Å². The molecule has 0 N–H and O–H groups in total. The van der Waals surface area contributed by atoms with Gasteiger partial charge in [0.1, 0.15) is 11.3 Å². The fourth-order valence-corrected chi connectivity index (χ4v) is 8.35. The number of fused-ring (bicyclic) bond motifs is 6. The fourth-order valence-electron chi connectivity index (χ4n) is 8.35. The zero-order valence-corrected chi connectivity index (χ0v) is 30.6. The molecule has 0 bridgehead atoms. The van der Waals surface area contributed by atoms with E-state index in [4.69, 9.17) is 4.42 Å². The lowest BCUT2D eigenvalue weighted by atomic mass is 9.97. The molecule has 0 saturated carbocycles. The van der Waals surface area contributed by atoms with Crippen LogP contribution in [-0.4, -0.2) is 0 Å². The van der Waals surface area contributed by atoms with Crippen LogP contribution >= 0.6 is 0 Å². The number of nitrogens with zero attached hydrogens (tertiary/aromatic N) is 1. The second-order valence-electron chi connectivity index (χ2n) is 14.6. The summed E-state index contributed by atoms with van der Waals surface area (Å²) in [5.41, 5.74) is 10.1. The number of rotatable bonds is 6. The summed E-state index contributed by atoms with van der Waals surface area (Å²) in [6.07, 6.45) is 0. The number of hydrogen-bond donors (Lipinski definition) is 0.